The van der Waals surface area contributed by atoms with Crippen molar-refractivity contribution in [2.45, 2.75) is 24.8 Å². The van der Waals surface area contributed by atoms with Gasteiger partial charge in [0.25, 0.3) is 5.91 Å². The molecule has 5 heteroatoms. The molecule has 0 spiro atoms. The van der Waals surface area contributed by atoms with Gasteiger partial charge in [0, 0.05) is 43.6 Å². The van der Waals surface area contributed by atoms with Gasteiger partial charge in [-0.1, -0.05) is 28.1 Å². The zero-order valence-electron chi connectivity index (χ0n) is 12.7. The number of hydrogen-bond acceptors (Lipinski definition) is 3. The number of aliphatic hydroxyl groups is 1. The molecule has 1 aromatic carbocycles. The van der Waals surface area contributed by atoms with Gasteiger partial charge in [-0.2, -0.15) is 0 Å². The van der Waals surface area contributed by atoms with Crippen LogP contribution in [0.3, 0.4) is 0 Å². The summed E-state index contributed by atoms with van der Waals surface area (Å²) in [6, 6.07) is 7.74. The molecule has 1 fully saturated rings. The van der Waals surface area contributed by atoms with Gasteiger partial charge in [-0.25, -0.2) is 0 Å². The van der Waals surface area contributed by atoms with E-state index in [-0.39, 0.29) is 5.91 Å². The number of alkyl halides is 1. The standard InChI is InChI=1S/C16H23BrN2O2/c1-16(2,21)12-18-7-9-19(10-8-18)15(20)14-5-3-13(11-17)4-6-14/h3-6,21H,7-12H2,1-2H3. The second kappa shape index (κ2) is 6.90. The van der Waals surface area contributed by atoms with E-state index in [1.54, 1.807) is 0 Å². The number of β-amino-alcohol motifs (C(OH)–C–C–N with tert-alkyl or cyclic N) is 1. The van der Waals surface area contributed by atoms with E-state index in [4.69, 9.17) is 0 Å². The first-order valence-corrected chi connectivity index (χ1v) is 8.40. The molecule has 4 nitrogen and oxygen atoms in total. The summed E-state index contributed by atoms with van der Waals surface area (Å²) < 4.78 is 0. The van der Waals surface area contributed by atoms with E-state index in [1.807, 2.05) is 43.0 Å². The monoisotopic (exact) mass is 354 g/mol. The van der Waals surface area contributed by atoms with Crippen molar-refractivity contribution in [3.63, 3.8) is 0 Å². The highest BCUT2D eigenvalue weighted by molar-refractivity contribution is 9.08. The quantitative estimate of drug-likeness (QED) is 0.842. The second-order valence-electron chi connectivity index (χ2n) is 6.21. The summed E-state index contributed by atoms with van der Waals surface area (Å²) >= 11 is 3.40. The Labute approximate surface area is 134 Å². The van der Waals surface area contributed by atoms with Gasteiger partial charge in [-0.05, 0) is 31.5 Å². The van der Waals surface area contributed by atoms with Crippen LogP contribution in [0.2, 0.25) is 0 Å². The number of halogens is 1. The Morgan fingerprint density at radius 1 is 1.19 bits per heavy atom. The van der Waals surface area contributed by atoms with E-state index in [9.17, 15) is 9.90 Å². The molecule has 1 aliphatic rings. The van der Waals surface area contributed by atoms with Crippen LogP contribution >= 0.6 is 15.9 Å². The number of carbonyl (C=O) groups excluding carboxylic acids is 1. The van der Waals surface area contributed by atoms with Crippen LogP contribution in [0.15, 0.2) is 24.3 Å². The molecule has 0 atom stereocenters. The van der Waals surface area contributed by atoms with Crippen molar-refractivity contribution >= 4 is 21.8 Å². The first-order chi connectivity index (χ1) is 9.89. The summed E-state index contributed by atoms with van der Waals surface area (Å²) in [5.74, 6) is 0.0963. The number of hydrogen-bond donors (Lipinski definition) is 1. The van der Waals surface area contributed by atoms with Crippen molar-refractivity contribution in [1.82, 2.24) is 9.80 Å². The normalized spacial score (nSPS) is 17.0. The van der Waals surface area contributed by atoms with Crippen LogP contribution in [-0.4, -0.2) is 59.1 Å². The van der Waals surface area contributed by atoms with Crippen molar-refractivity contribution in [2.24, 2.45) is 0 Å². The predicted octanol–water partition coefficient (Wildman–Crippen LogP) is 2.11. The second-order valence-corrected chi connectivity index (χ2v) is 6.77. The molecule has 1 heterocycles. The van der Waals surface area contributed by atoms with Crippen LogP contribution in [-0.2, 0) is 5.33 Å². The van der Waals surface area contributed by atoms with Crippen LogP contribution in [0.4, 0.5) is 0 Å². The van der Waals surface area contributed by atoms with Crippen LogP contribution < -0.4 is 0 Å². The van der Waals surface area contributed by atoms with Gasteiger partial charge in [0.2, 0.25) is 0 Å². The van der Waals surface area contributed by atoms with E-state index in [1.165, 1.54) is 5.56 Å². The minimum absolute atomic E-state index is 0.0963. The molecule has 0 unspecified atom stereocenters. The minimum atomic E-state index is -0.683. The summed E-state index contributed by atoms with van der Waals surface area (Å²) in [6.45, 7) is 7.34. The van der Waals surface area contributed by atoms with Gasteiger partial charge >= 0.3 is 0 Å². The molecule has 116 valence electrons. The molecule has 0 aliphatic carbocycles. The van der Waals surface area contributed by atoms with E-state index >= 15 is 0 Å². The molecule has 1 aromatic rings. The zero-order chi connectivity index (χ0) is 15.5. The number of rotatable bonds is 4. The lowest BCUT2D eigenvalue weighted by molar-refractivity contribution is 0.0178. The molecule has 0 radical (unpaired) electrons. The molecular formula is C16H23BrN2O2. The molecule has 1 N–H and O–H groups in total. The van der Waals surface area contributed by atoms with E-state index in [0.717, 1.165) is 37.1 Å². The van der Waals surface area contributed by atoms with Crippen molar-refractivity contribution in [1.29, 1.82) is 0 Å². The summed E-state index contributed by atoms with van der Waals surface area (Å²) in [7, 11) is 0. The molecule has 21 heavy (non-hydrogen) atoms. The average molecular weight is 355 g/mol. The number of amides is 1. The Morgan fingerprint density at radius 3 is 2.24 bits per heavy atom. The van der Waals surface area contributed by atoms with E-state index < -0.39 is 5.60 Å². The van der Waals surface area contributed by atoms with E-state index in [0.29, 0.717) is 6.54 Å². The largest absolute Gasteiger partial charge is 0.389 e. The fourth-order valence-electron chi connectivity index (χ4n) is 2.58. The Bertz CT molecular complexity index is 474. The number of nitrogens with zero attached hydrogens (tertiary/aromatic N) is 2. The minimum Gasteiger partial charge on any atom is -0.389 e. The van der Waals surface area contributed by atoms with Gasteiger partial charge in [0.15, 0.2) is 0 Å². The highest BCUT2D eigenvalue weighted by atomic mass is 79.9. The maximum atomic E-state index is 12.4. The van der Waals surface area contributed by atoms with Crippen LogP contribution in [0, 0.1) is 0 Å². The highest BCUT2D eigenvalue weighted by Crippen LogP contribution is 2.13. The summed E-state index contributed by atoms with van der Waals surface area (Å²) in [4.78, 5) is 16.5. The maximum Gasteiger partial charge on any atom is 0.253 e. The smallest absolute Gasteiger partial charge is 0.253 e. The fourth-order valence-corrected chi connectivity index (χ4v) is 2.95. The average Bonchev–Trinajstić information content (AvgIpc) is 2.46. The number of piperazine rings is 1. The van der Waals surface area contributed by atoms with E-state index in [2.05, 4.69) is 20.8 Å². The third-order valence-electron chi connectivity index (χ3n) is 3.63. The SMILES string of the molecule is CC(C)(O)CN1CCN(C(=O)c2ccc(CBr)cc2)CC1. The van der Waals surface area contributed by atoms with Crippen molar-refractivity contribution in [2.75, 3.05) is 32.7 Å². The summed E-state index contributed by atoms with van der Waals surface area (Å²) in [5.41, 5.74) is 1.23. The third-order valence-corrected chi connectivity index (χ3v) is 4.27. The van der Waals surface area contributed by atoms with Crippen molar-refractivity contribution in [3.8, 4) is 0 Å². The molecule has 0 bridgehead atoms. The lowest BCUT2D eigenvalue weighted by atomic mass is 10.1. The molecule has 2 rings (SSSR count). The molecule has 1 aliphatic heterocycles. The van der Waals surface area contributed by atoms with Crippen molar-refractivity contribution < 1.29 is 9.90 Å². The highest BCUT2D eigenvalue weighted by Gasteiger charge is 2.25. The maximum absolute atomic E-state index is 12.4. The predicted molar refractivity (Wildman–Crippen MR) is 87.7 cm³/mol. The fraction of sp³-hybridized carbons (Fsp3) is 0.562. The molecule has 1 amide bonds. The first-order valence-electron chi connectivity index (χ1n) is 7.28. The topological polar surface area (TPSA) is 43.8 Å². The molecular weight excluding hydrogens is 332 g/mol. The number of benzene rings is 1. The molecule has 0 aromatic heterocycles. The summed E-state index contributed by atoms with van der Waals surface area (Å²) in [5, 5.41) is 10.6. The molecule has 1 saturated heterocycles. The third kappa shape index (κ3) is 4.80. The number of carbonyl (C=O) groups is 1. The van der Waals surface area contributed by atoms with Gasteiger partial charge in [-0.15, -0.1) is 0 Å². The lowest BCUT2D eigenvalue weighted by Gasteiger charge is -2.37. The van der Waals surface area contributed by atoms with Gasteiger partial charge in [-0.3, -0.25) is 9.69 Å². The van der Waals surface area contributed by atoms with Gasteiger partial charge in [0.05, 0.1) is 5.60 Å². The van der Waals surface area contributed by atoms with Crippen LogP contribution in [0.1, 0.15) is 29.8 Å². The van der Waals surface area contributed by atoms with Crippen LogP contribution in [0.25, 0.3) is 0 Å². The Hall–Kier alpha value is -0.910. The Balaban J connectivity index is 1.90. The van der Waals surface area contributed by atoms with Gasteiger partial charge in [0.1, 0.15) is 0 Å². The molecule has 0 saturated carbocycles. The Morgan fingerprint density at radius 2 is 1.76 bits per heavy atom. The van der Waals surface area contributed by atoms with Crippen LogP contribution in [0.5, 0.6) is 0 Å². The first kappa shape index (κ1) is 16.5. The zero-order valence-corrected chi connectivity index (χ0v) is 14.3. The van der Waals surface area contributed by atoms with Gasteiger partial charge < -0.3 is 10.0 Å². The lowest BCUT2D eigenvalue weighted by Crippen LogP contribution is -2.51. The summed E-state index contributed by atoms with van der Waals surface area (Å²) in [6.07, 6.45) is 0. The Kier molecular flexibility index (Phi) is 5.41. The van der Waals surface area contributed by atoms with Crippen molar-refractivity contribution in [3.05, 3.63) is 35.4 Å².